The van der Waals surface area contributed by atoms with E-state index in [0.29, 0.717) is 4.47 Å². The monoisotopic (exact) mass is 295 g/mol. The van der Waals surface area contributed by atoms with Gasteiger partial charge in [-0.15, -0.1) is 4.72 Å². The molecular formula is C9H11BrFNO2S. The molecule has 1 aromatic rings. The van der Waals surface area contributed by atoms with Gasteiger partial charge in [0.05, 0.1) is 24.5 Å². The van der Waals surface area contributed by atoms with Gasteiger partial charge in [0.2, 0.25) is 4.90 Å². The van der Waals surface area contributed by atoms with Gasteiger partial charge in [0.25, 0.3) is 0 Å². The van der Waals surface area contributed by atoms with E-state index in [1.165, 1.54) is 12.1 Å². The molecule has 1 atom stereocenters. The second kappa shape index (κ2) is 5.81. The van der Waals surface area contributed by atoms with Gasteiger partial charge in [0.15, 0.2) is 5.82 Å². The number of aliphatic hydroxyl groups is 1. The number of halogens is 2. The van der Waals surface area contributed by atoms with Crippen molar-refractivity contribution in [3.8, 4) is 0 Å². The van der Waals surface area contributed by atoms with E-state index in [1.54, 1.807) is 6.92 Å². The first kappa shape index (κ1) is 12.9. The Labute approximate surface area is 99.1 Å². The maximum absolute atomic E-state index is 13.4. The predicted octanol–water partition coefficient (Wildman–Crippen LogP) is 1.50. The lowest BCUT2D eigenvalue weighted by molar-refractivity contribution is 0.301. The fraction of sp³-hybridized carbons (Fsp3) is 0.333. The largest absolute Gasteiger partial charge is 0.593 e. The highest BCUT2D eigenvalue weighted by atomic mass is 79.9. The summed E-state index contributed by atoms with van der Waals surface area (Å²) in [7, 11) is 0. The minimum atomic E-state index is -1.62. The summed E-state index contributed by atoms with van der Waals surface area (Å²) >= 11 is 1.56. The van der Waals surface area contributed by atoms with Crippen LogP contribution in [0.4, 0.5) is 4.39 Å². The quantitative estimate of drug-likeness (QED) is 0.828. The smallest absolute Gasteiger partial charge is 0.209 e. The van der Waals surface area contributed by atoms with E-state index in [1.807, 2.05) is 0 Å². The number of hydrogen-bond acceptors (Lipinski definition) is 3. The second-order valence-electron chi connectivity index (χ2n) is 2.92. The van der Waals surface area contributed by atoms with Gasteiger partial charge in [0.1, 0.15) is 0 Å². The lowest BCUT2D eigenvalue weighted by Gasteiger charge is -2.11. The van der Waals surface area contributed by atoms with Crippen LogP contribution in [0.25, 0.3) is 0 Å². The molecule has 1 rings (SSSR count). The molecule has 0 saturated carbocycles. The minimum absolute atomic E-state index is 0.101. The molecule has 0 spiro atoms. The van der Waals surface area contributed by atoms with Crippen LogP contribution >= 0.6 is 15.9 Å². The Morgan fingerprint density at radius 1 is 1.60 bits per heavy atom. The molecule has 0 aliphatic rings. The van der Waals surface area contributed by atoms with Crippen LogP contribution in [-0.2, 0) is 11.4 Å². The van der Waals surface area contributed by atoms with E-state index in [4.69, 9.17) is 5.11 Å². The first-order valence-corrected chi connectivity index (χ1v) is 6.22. The van der Waals surface area contributed by atoms with Crippen molar-refractivity contribution < 1.29 is 14.0 Å². The molecule has 0 aromatic heterocycles. The Kier molecular flexibility index (Phi) is 5.01. The normalized spacial score (nSPS) is 12.9. The summed E-state index contributed by atoms with van der Waals surface area (Å²) in [6.45, 7) is 1.82. The zero-order valence-corrected chi connectivity index (χ0v) is 10.5. The van der Waals surface area contributed by atoms with Gasteiger partial charge in [-0.25, -0.2) is 4.39 Å². The summed E-state index contributed by atoms with van der Waals surface area (Å²) < 4.78 is 28.0. The molecule has 0 bridgehead atoms. The number of nitrogens with one attached hydrogen (secondary N) is 1. The molecule has 15 heavy (non-hydrogen) atoms. The minimum Gasteiger partial charge on any atom is -0.593 e. The van der Waals surface area contributed by atoms with Crippen molar-refractivity contribution in [2.75, 3.05) is 13.2 Å². The summed E-state index contributed by atoms with van der Waals surface area (Å²) in [5.41, 5.74) is 0.811. The third-order valence-electron chi connectivity index (χ3n) is 1.76. The van der Waals surface area contributed by atoms with Crippen LogP contribution in [0.2, 0.25) is 0 Å². The highest BCUT2D eigenvalue weighted by Gasteiger charge is 2.18. The van der Waals surface area contributed by atoms with Gasteiger partial charge < -0.3 is 9.66 Å². The Morgan fingerprint density at radius 3 is 2.87 bits per heavy atom. The van der Waals surface area contributed by atoms with E-state index >= 15 is 0 Å². The van der Waals surface area contributed by atoms with E-state index in [2.05, 4.69) is 20.7 Å². The second-order valence-corrected chi connectivity index (χ2v) is 5.04. The molecule has 0 saturated heterocycles. The Hall–Kier alpha value is -0.140. The van der Waals surface area contributed by atoms with Crippen LogP contribution in [-0.4, -0.2) is 22.8 Å². The van der Waals surface area contributed by atoms with Crippen LogP contribution in [0, 0.1) is 12.7 Å². The number of hydrogen-bond donors (Lipinski definition) is 2. The van der Waals surface area contributed by atoms with Gasteiger partial charge in [-0.2, -0.15) is 0 Å². The van der Waals surface area contributed by atoms with Crippen LogP contribution in [0.5, 0.6) is 0 Å². The zero-order valence-electron chi connectivity index (χ0n) is 8.09. The average molecular weight is 296 g/mol. The van der Waals surface area contributed by atoms with Crippen LogP contribution in [0.1, 0.15) is 5.56 Å². The third kappa shape index (κ3) is 3.42. The standard InChI is InChI=1S/C9H11BrFNO2S/c1-6-4-9(8(11)5-7(6)10)15(14)12-2-3-13/h4-5,12-13H,2-3H2,1H3. The first-order chi connectivity index (χ1) is 7.06. The van der Waals surface area contributed by atoms with Gasteiger partial charge in [0, 0.05) is 10.5 Å². The van der Waals surface area contributed by atoms with Crippen molar-refractivity contribution in [3.05, 3.63) is 28.0 Å². The molecule has 2 N–H and O–H groups in total. The summed E-state index contributed by atoms with van der Waals surface area (Å²) in [5, 5.41) is 8.53. The SMILES string of the molecule is Cc1cc([S+]([O-])NCCO)c(F)cc1Br. The summed E-state index contributed by atoms with van der Waals surface area (Å²) in [6.07, 6.45) is 0. The highest BCUT2D eigenvalue weighted by molar-refractivity contribution is 9.10. The van der Waals surface area contributed by atoms with Crippen LogP contribution in [0.3, 0.4) is 0 Å². The molecule has 0 radical (unpaired) electrons. The number of aryl methyl sites for hydroxylation is 1. The van der Waals surface area contributed by atoms with E-state index < -0.39 is 17.2 Å². The third-order valence-corrected chi connectivity index (χ3v) is 3.79. The molecule has 0 heterocycles. The molecule has 0 aliphatic carbocycles. The molecule has 84 valence electrons. The van der Waals surface area contributed by atoms with Crippen molar-refractivity contribution in [2.45, 2.75) is 11.8 Å². The summed E-state index contributed by atoms with van der Waals surface area (Å²) in [6, 6.07) is 2.79. The number of aliphatic hydroxyl groups excluding tert-OH is 1. The van der Waals surface area contributed by atoms with Crippen molar-refractivity contribution >= 4 is 27.3 Å². The molecule has 1 aromatic carbocycles. The maximum Gasteiger partial charge on any atom is 0.209 e. The van der Waals surface area contributed by atoms with Crippen molar-refractivity contribution in [1.82, 2.24) is 4.72 Å². The van der Waals surface area contributed by atoms with Crippen LogP contribution < -0.4 is 4.72 Å². The maximum atomic E-state index is 13.4. The molecule has 6 heteroatoms. The fourth-order valence-corrected chi connectivity index (χ4v) is 2.26. The molecule has 3 nitrogen and oxygen atoms in total. The van der Waals surface area contributed by atoms with Gasteiger partial charge in [-0.3, -0.25) is 0 Å². The Balaban J connectivity index is 2.88. The fourth-order valence-electron chi connectivity index (χ4n) is 0.989. The van der Waals surface area contributed by atoms with Crippen molar-refractivity contribution in [3.63, 3.8) is 0 Å². The summed E-state index contributed by atoms with van der Waals surface area (Å²) in [5.74, 6) is -0.531. The Bertz CT molecular complexity index is 351. The van der Waals surface area contributed by atoms with Crippen molar-refractivity contribution in [2.24, 2.45) is 0 Å². The molecular weight excluding hydrogens is 285 g/mol. The highest BCUT2D eigenvalue weighted by Crippen LogP contribution is 2.23. The van der Waals surface area contributed by atoms with E-state index in [9.17, 15) is 8.94 Å². The molecule has 0 amide bonds. The number of rotatable bonds is 4. The lowest BCUT2D eigenvalue weighted by Crippen LogP contribution is -2.27. The van der Waals surface area contributed by atoms with E-state index in [-0.39, 0.29) is 18.0 Å². The topological polar surface area (TPSA) is 55.3 Å². The van der Waals surface area contributed by atoms with Crippen molar-refractivity contribution in [1.29, 1.82) is 0 Å². The summed E-state index contributed by atoms with van der Waals surface area (Å²) in [4.78, 5) is 0.101. The Morgan fingerprint density at radius 2 is 2.27 bits per heavy atom. The zero-order chi connectivity index (χ0) is 11.4. The molecule has 1 unspecified atom stereocenters. The van der Waals surface area contributed by atoms with Gasteiger partial charge in [-0.1, -0.05) is 15.9 Å². The lowest BCUT2D eigenvalue weighted by atomic mass is 10.2. The van der Waals surface area contributed by atoms with Crippen LogP contribution in [0.15, 0.2) is 21.5 Å². The van der Waals surface area contributed by atoms with E-state index in [0.717, 1.165) is 5.56 Å². The van der Waals surface area contributed by atoms with Gasteiger partial charge in [-0.05, 0) is 18.6 Å². The molecule has 0 fully saturated rings. The predicted molar refractivity (Wildman–Crippen MR) is 60.3 cm³/mol. The van der Waals surface area contributed by atoms with Gasteiger partial charge >= 0.3 is 0 Å². The first-order valence-electron chi connectivity index (χ1n) is 4.28. The average Bonchev–Trinajstić information content (AvgIpc) is 2.20. The molecule has 0 aliphatic heterocycles. The number of benzene rings is 1.